The predicted molar refractivity (Wildman–Crippen MR) is 46.8 cm³/mol. The van der Waals surface area contributed by atoms with Crippen molar-refractivity contribution in [3.05, 3.63) is 11.8 Å². The molecule has 1 aliphatic rings. The fourth-order valence-corrected chi connectivity index (χ4v) is 1.71. The summed E-state index contributed by atoms with van der Waals surface area (Å²) in [5, 5.41) is 7.83. The summed E-state index contributed by atoms with van der Waals surface area (Å²) in [7, 11) is 2.07. The topological polar surface area (TPSA) is 68.2 Å². The second-order valence-electron chi connectivity index (χ2n) is 3.38. The lowest BCUT2D eigenvalue weighted by atomic mass is 10.2. The van der Waals surface area contributed by atoms with Crippen LogP contribution < -0.4 is 5.73 Å². The molecule has 0 saturated carbocycles. The lowest BCUT2D eigenvalue weighted by Gasteiger charge is -2.14. The number of nitrogens with two attached hydrogens (primary N) is 1. The second kappa shape index (κ2) is 3.43. The second-order valence-corrected chi connectivity index (χ2v) is 3.38. The van der Waals surface area contributed by atoms with E-state index in [0.29, 0.717) is 24.4 Å². The molecule has 1 aliphatic heterocycles. The van der Waals surface area contributed by atoms with Gasteiger partial charge in [-0.2, -0.15) is 0 Å². The van der Waals surface area contributed by atoms with E-state index in [1.165, 1.54) is 6.42 Å². The van der Waals surface area contributed by atoms with E-state index in [9.17, 15) is 0 Å². The maximum Gasteiger partial charge on any atom is 0.233 e. The van der Waals surface area contributed by atoms with Crippen molar-refractivity contribution in [1.29, 1.82) is 0 Å². The number of likely N-dealkylation sites (tertiary alicyclic amines) is 1. The Kier molecular flexibility index (Phi) is 2.28. The van der Waals surface area contributed by atoms with Crippen molar-refractivity contribution in [2.75, 3.05) is 13.6 Å². The van der Waals surface area contributed by atoms with Crippen LogP contribution in [0.1, 0.15) is 30.7 Å². The summed E-state index contributed by atoms with van der Waals surface area (Å²) >= 11 is 0. The number of hydrogen-bond acceptors (Lipinski definition) is 5. The fraction of sp³-hybridized carbons (Fsp3) is 0.750. The highest BCUT2D eigenvalue weighted by Gasteiger charge is 2.27. The minimum Gasteiger partial charge on any atom is -0.422 e. The molecule has 0 aromatic carbocycles. The number of hydrogen-bond donors (Lipinski definition) is 1. The van der Waals surface area contributed by atoms with Crippen molar-refractivity contribution in [2.45, 2.75) is 25.4 Å². The zero-order valence-corrected chi connectivity index (χ0v) is 7.73. The zero-order chi connectivity index (χ0) is 9.26. The Morgan fingerprint density at radius 2 is 2.46 bits per heavy atom. The van der Waals surface area contributed by atoms with Crippen LogP contribution in [0, 0.1) is 0 Å². The summed E-state index contributed by atoms with van der Waals surface area (Å²) in [6.45, 7) is 1.43. The van der Waals surface area contributed by atoms with Crippen LogP contribution in [-0.4, -0.2) is 28.7 Å². The molecule has 0 bridgehead atoms. The molecule has 5 heteroatoms. The van der Waals surface area contributed by atoms with Gasteiger partial charge in [0.2, 0.25) is 11.8 Å². The molecule has 1 aromatic rings. The van der Waals surface area contributed by atoms with Gasteiger partial charge in [0.1, 0.15) is 0 Å². The molecule has 2 rings (SSSR count). The van der Waals surface area contributed by atoms with E-state index in [1.807, 2.05) is 0 Å². The van der Waals surface area contributed by atoms with Crippen LogP contribution in [0.15, 0.2) is 4.42 Å². The first kappa shape index (κ1) is 8.65. The Hall–Kier alpha value is -0.940. The highest BCUT2D eigenvalue weighted by Crippen LogP contribution is 2.28. The van der Waals surface area contributed by atoms with E-state index in [-0.39, 0.29) is 0 Å². The van der Waals surface area contributed by atoms with Gasteiger partial charge in [-0.3, -0.25) is 4.90 Å². The minimum absolute atomic E-state index is 0.299. The summed E-state index contributed by atoms with van der Waals surface area (Å²) in [6.07, 6.45) is 2.30. The number of rotatable bonds is 2. The van der Waals surface area contributed by atoms with Gasteiger partial charge in [-0.15, -0.1) is 10.2 Å². The highest BCUT2D eigenvalue weighted by atomic mass is 16.4. The largest absolute Gasteiger partial charge is 0.422 e. The first-order chi connectivity index (χ1) is 6.31. The maximum absolute atomic E-state index is 5.40. The van der Waals surface area contributed by atoms with E-state index in [2.05, 4.69) is 22.1 Å². The van der Waals surface area contributed by atoms with E-state index in [0.717, 1.165) is 13.0 Å². The van der Waals surface area contributed by atoms with Gasteiger partial charge in [0.25, 0.3) is 0 Å². The first-order valence-electron chi connectivity index (χ1n) is 4.54. The van der Waals surface area contributed by atoms with Gasteiger partial charge in [0.05, 0.1) is 12.6 Å². The van der Waals surface area contributed by atoms with Crippen molar-refractivity contribution in [2.24, 2.45) is 5.73 Å². The van der Waals surface area contributed by atoms with Gasteiger partial charge in [0.15, 0.2) is 0 Å². The predicted octanol–water partition coefficient (Wildman–Crippen LogP) is 0.295. The Morgan fingerprint density at radius 1 is 1.62 bits per heavy atom. The van der Waals surface area contributed by atoms with Crippen LogP contribution in [0.5, 0.6) is 0 Å². The minimum atomic E-state index is 0.299. The van der Waals surface area contributed by atoms with Crippen LogP contribution in [0.25, 0.3) is 0 Å². The molecular formula is C8H14N4O. The Balaban J connectivity index is 2.15. The molecule has 72 valence electrons. The summed E-state index contributed by atoms with van der Waals surface area (Å²) in [5.41, 5.74) is 5.39. The molecule has 2 heterocycles. The van der Waals surface area contributed by atoms with E-state index < -0.39 is 0 Å². The van der Waals surface area contributed by atoms with Crippen molar-refractivity contribution >= 4 is 0 Å². The summed E-state index contributed by atoms with van der Waals surface area (Å²) in [4.78, 5) is 2.23. The molecule has 13 heavy (non-hydrogen) atoms. The Labute approximate surface area is 76.9 Å². The van der Waals surface area contributed by atoms with E-state index in [1.54, 1.807) is 0 Å². The van der Waals surface area contributed by atoms with Crippen molar-refractivity contribution in [3.8, 4) is 0 Å². The standard InChI is InChI=1S/C8H14N4O/c1-12-4-2-3-6(12)8-11-10-7(5-9)13-8/h6H,2-5,9H2,1H3/t6-/m0/s1. The molecule has 5 nitrogen and oxygen atoms in total. The van der Waals surface area contributed by atoms with Gasteiger partial charge in [-0.25, -0.2) is 0 Å². The van der Waals surface area contributed by atoms with Crippen molar-refractivity contribution in [3.63, 3.8) is 0 Å². The third-order valence-electron chi connectivity index (χ3n) is 2.46. The van der Waals surface area contributed by atoms with Crippen molar-refractivity contribution in [1.82, 2.24) is 15.1 Å². The number of nitrogens with zero attached hydrogens (tertiary/aromatic N) is 3. The van der Waals surface area contributed by atoms with Crippen LogP contribution in [0.4, 0.5) is 0 Å². The molecule has 1 fully saturated rings. The lowest BCUT2D eigenvalue weighted by Crippen LogP contribution is -2.17. The van der Waals surface area contributed by atoms with Gasteiger partial charge < -0.3 is 10.2 Å². The summed E-state index contributed by atoms with van der Waals surface area (Å²) in [6, 6.07) is 0.299. The van der Waals surface area contributed by atoms with Crippen LogP contribution >= 0.6 is 0 Å². The molecule has 1 saturated heterocycles. The molecule has 1 aromatic heterocycles. The quantitative estimate of drug-likeness (QED) is 0.712. The zero-order valence-electron chi connectivity index (χ0n) is 7.73. The molecule has 0 unspecified atom stereocenters. The molecular weight excluding hydrogens is 168 g/mol. The average Bonchev–Trinajstić information content (AvgIpc) is 2.71. The summed E-state index contributed by atoms with van der Waals surface area (Å²) in [5.74, 6) is 1.23. The SMILES string of the molecule is CN1CCC[C@H]1c1nnc(CN)o1. The number of aromatic nitrogens is 2. The van der Waals surface area contributed by atoms with Gasteiger partial charge in [-0.05, 0) is 26.4 Å². The molecule has 2 N–H and O–H groups in total. The smallest absolute Gasteiger partial charge is 0.233 e. The molecule has 1 atom stereocenters. The third-order valence-corrected chi connectivity index (χ3v) is 2.46. The van der Waals surface area contributed by atoms with Crippen molar-refractivity contribution < 1.29 is 4.42 Å². The molecule has 0 spiro atoms. The normalized spacial score (nSPS) is 24.0. The molecule has 0 radical (unpaired) electrons. The lowest BCUT2D eigenvalue weighted by molar-refractivity contribution is 0.263. The van der Waals surface area contributed by atoms with Crippen LogP contribution in [-0.2, 0) is 6.54 Å². The summed E-state index contributed by atoms with van der Waals surface area (Å²) < 4.78 is 5.40. The fourth-order valence-electron chi connectivity index (χ4n) is 1.71. The Morgan fingerprint density at radius 3 is 3.00 bits per heavy atom. The van der Waals surface area contributed by atoms with Gasteiger partial charge >= 0.3 is 0 Å². The van der Waals surface area contributed by atoms with E-state index >= 15 is 0 Å². The van der Waals surface area contributed by atoms with E-state index in [4.69, 9.17) is 10.2 Å². The highest BCUT2D eigenvalue weighted by molar-refractivity contribution is 4.93. The van der Waals surface area contributed by atoms with Crippen LogP contribution in [0.2, 0.25) is 0 Å². The van der Waals surface area contributed by atoms with Gasteiger partial charge in [-0.1, -0.05) is 0 Å². The average molecular weight is 182 g/mol. The first-order valence-corrected chi connectivity index (χ1v) is 4.54. The monoisotopic (exact) mass is 182 g/mol. The van der Waals surface area contributed by atoms with Gasteiger partial charge in [0, 0.05) is 0 Å². The Bertz CT molecular complexity index is 285. The molecule has 0 amide bonds. The van der Waals surface area contributed by atoms with Crippen LogP contribution in [0.3, 0.4) is 0 Å². The molecule has 0 aliphatic carbocycles. The third kappa shape index (κ3) is 1.57. The maximum atomic E-state index is 5.40.